The van der Waals surface area contributed by atoms with Crippen molar-refractivity contribution in [3.05, 3.63) is 35.1 Å². The van der Waals surface area contributed by atoms with Gasteiger partial charge in [-0.2, -0.15) is 0 Å². The maximum absolute atomic E-state index is 13.9. The molecule has 3 aliphatic rings. The SMILES string of the molecule is CC1(C)SCN(CCCCN2C3CCC2CC(OCc2ccc(F)c(F)c2F)C3)C1=O. The van der Waals surface area contributed by atoms with Gasteiger partial charge < -0.3 is 9.64 Å². The topological polar surface area (TPSA) is 32.8 Å². The van der Waals surface area contributed by atoms with E-state index < -0.39 is 17.5 Å². The Morgan fingerprint density at radius 2 is 1.74 bits per heavy atom. The molecule has 8 heteroatoms. The van der Waals surface area contributed by atoms with Gasteiger partial charge in [0.05, 0.1) is 23.3 Å². The minimum atomic E-state index is -1.44. The van der Waals surface area contributed by atoms with Gasteiger partial charge in [0.1, 0.15) is 0 Å². The molecule has 4 nitrogen and oxygen atoms in total. The van der Waals surface area contributed by atoms with Gasteiger partial charge in [0.25, 0.3) is 0 Å². The lowest BCUT2D eigenvalue weighted by molar-refractivity contribution is -0.130. The third kappa shape index (κ3) is 4.91. The molecule has 3 aliphatic heterocycles. The van der Waals surface area contributed by atoms with Crippen molar-refractivity contribution in [2.24, 2.45) is 0 Å². The maximum Gasteiger partial charge on any atom is 0.238 e. The van der Waals surface area contributed by atoms with Crippen molar-refractivity contribution in [1.82, 2.24) is 9.80 Å². The quantitative estimate of drug-likeness (QED) is 0.419. The number of benzene rings is 1. The molecule has 0 aromatic heterocycles. The Bertz CT molecular complexity index is 808. The molecular formula is C23H31F3N2O2S. The molecule has 2 atom stereocenters. The van der Waals surface area contributed by atoms with Crippen molar-refractivity contribution in [2.45, 2.75) is 81.9 Å². The van der Waals surface area contributed by atoms with Gasteiger partial charge in [0.2, 0.25) is 5.91 Å². The van der Waals surface area contributed by atoms with Crippen LogP contribution in [0.25, 0.3) is 0 Å². The molecule has 31 heavy (non-hydrogen) atoms. The highest BCUT2D eigenvalue weighted by Gasteiger charge is 2.41. The lowest BCUT2D eigenvalue weighted by Gasteiger charge is -2.39. The number of piperidine rings is 1. The summed E-state index contributed by atoms with van der Waals surface area (Å²) in [5.41, 5.74) is 0.0616. The van der Waals surface area contributed by atoms with E-state index in [0.717, 1.165) is 63.6 Å². The van der Waals surface area contributed by atoms with Crippen molar-refractivity contribution in [3.63, 3.8) is 0 Å². The molecule has 172 valence electrons. The second-order valence-corrected chi connectivity index (χ2v) is 11.0. The number of fused-ring (bicyclic) bond motifs is 2. The zero-order valence-corrected chi connectivity index (χ0v) is 19.0. The van der Waals surface area contributed by atoms with Crippen LogP contribution < -0.4 is 0 Å². The Labute approximate surface area is 186 Å². The number of halogens is 3. The van der Waals surface area contributed by atoms with Gasteiger partial charge in [-0.25, -0.2) is 13.2 Å². The summed E-state index contributed by atoms with van der Waals surface area (Å²) in [6.45, 7) is 5.80. The maximum atomic E-state index is 13.9. The van der Waals surface area contributed by atoms with Gasteiger partial charge >= 0.3 is 0 Å². The fourth-order valence-electron chi connectivity index (χ4n) is 5.11. The van der Waals surface area contributed by atoms with Crippen LogP contribution in [0.15, 0.2) is 12.1 Å². The first-order chi connectivity index (χ1) is 14.8. The van der Waals surface area contributed by atoms with E-state index in [1.54, 1.807) is 11.8 Å². The number of amides is 1. The van der Waals surface area contributed by atoms with Gasteiger partial charge in [-0.05, 0) is 65.0 Å². The standard InChI is InChI=1S/C23H31F3N2O2S/c1-23(2)22(29)27(14-31-23)9-3-4-10-28-16-6-7-17(28)12-18(11-16)30-13-15-5-8-19(24)21(26)20(15)25/h5,8,16-18H,3-4,6-7,9-14H2,1-2H3. The highest BCUT2D eigenvalue weighted by Crippen LogP contribution is 2.38. The van der Waals surface area contributed by atoms with Gasteiger partial charge in [-0.3, -0.25) is 9.69 Å². The van der Waals surface area contributed by atoms with Crippen LogP contribution in [0.1, 0.15) is 57.9 Å². The van der Waals surface area contributed by atoms with E-state index in [0.29, 0.717) is 12.1 Å². The molecule has 0 spiro atoms. The van der Waals surface area contributed by atoms with E-state index in [-0.39, 0.29) is 28.9 Å². The van der Waals surface area contributed by atoms with Crippen LogP contribution in [0.3, 0.4) is 0 Å². The second kappa shape index (κ2) is 9.32. The summed E-state index contributed by atoms with van der Waals surface area (Å²) >= 11 is 1.71. The van der Waals surface area contributed by atoms with Gasteiger partial charge in [-0.15, -0.1) is 11.8 Å². The summed E-state index contributed by atoms with van der Waals surface area (Å²) in [6.07, 6.45) is 6.14. The summed E-state index contributed by atoms with van der Waals surface area (Å²) in [4.78, 5) is 16.9. The normalized spacial score (nSPS) is 28.0. The van der Waals surface area contributed by atoms with Gasteiger partial charge in [-0.1, -0.05) is 6.07 Å². The summed E-state index contributed by atoms with van der Waals surface area (Å²) in [5, 5.41) is 0. The number of ether oxygens (including phenoxy) is 1. The number of hydrogen-bond acceptors (Lipinski definition) is 4. The first-order valence-corrected chi connectivity index (χ1v) is 12.2. The predicted octanol–water partition coefficient (Wildman–Crippen LogP) is 4.71. The predicted molar refractivity (Wildman–Crippen MR) is 115 cm³/mol. The Hall–Kier alpha value is -1.25. The molecule has 3 fully saturated rings. The molecule has 0 saturated carbocycles. The Morgan fingerprint density at radius 1 is 1.06 bits per heavy atom. The number of carbonyl (C=O) groups excluding carboxylic acids is 1. The molecule has 0 N–H and O–H groups in total. The molecular weight excluding hydrogens is 425 g/mol. The van der Waals surface area contributed by atoms with Gasteiger partial charge in [0.15, 0.2) is 17.5 Å². The zero-order valence-electron chi connectivity index (χ0n) is 18.2. The molecule has 0 radical (unpaired) electrons. The van der Waals surface area contributed by atoms with E-state index in [9.17, 15) is 18.0 Å². The molecule has 3 heterocycles. The van der Waals surface area contributed by atoms with Crippen LogP contribution in [0.5, 0.6) is 0 Å². The monoisotopic (exact) mass is 456 g/mol. The average Bonchev–Trinajstić information content (AvgIpc) is 3.13. The smallest absolute Gasteiger partial charge is 0.238 e. The molecule has 4 rings (SSSR count). The molecule has 0 aliphatic carbocycles. The Balaban J connectivity index is 1.21. The van der Waals surface area contributed by atoms with Crippen molar-refractivity contribution < 1.29 is 22.7 Å². The van der Waals surface area contributed by atoms with Crippen molar-refractivity contribution >= 4 is 17.7 Å². The first kappa shape index (κ1) is 22.9. The third-order valence-corrected chi connectivity index (χ3v) is 8.25. The van der Waals surface area contributed by atoms with Gasteiger partial charge in [0, 0.05) is 24.2 Å². The average molecular weight is 457 g/mol. The van der Waals surface area contributed by atoms with Crippen LogP contribution in [-0.2, 0) is 16.1 Å². The van der Waals surface area contributed by atoms with Crippen LogP contribution in [0, 0.1) is 17.5 Å². The number of nitrogens with zero attached hydrogens (tertiary/aromatic N) is 2. The van der Waals surface area contributed by atoms with Crippen LogP contribution in [0.2, 0.25) is 0 Å². The molecule has 1 aromatic carbocycles. The van der Waals surface area contributed by atoms with Crippen LogP contribution in [-0.4, -0.2) is 57.6 Å². The zero-order chi connectivity index (χ0) is 22.2. The van der Waals surface area contributed by atoms with Crippen LogP contribution in [0.4, 0.5) is 13.2 Å². The van der Waals surface area contributed by atoms with Crippen LogP contribution >= 0.6 is 11.8 Å². The second-order valence-electron chi connectivity index (χ2n) is 9.42. The number of thioether (sulfide) groups is 1. The number of unbranched alkanes of at least 4 members (excludes halogenated alkanes) is 1. The molecule has 1 aromatic rings. The largest absolute Gasteiger partial charge is 0.373 e. The summed E-state index contributed by atoms with van der Waals surface area (Å²) in [7, 11) is 0. The number of carbonyl (C=O) groups is 1. The van der Waals surface area contributed by atoms with E-state index in [1.807, 2.05) is 18.7 Å². The fourth-order valence-corrected chi connectivity index (χ4v) is 6.09. The van der Waals surface area contributed by atoms with Crippen molar-refractivity contribution in [1.29, 1.82) is 0 Å². The highest BCUT2D eigenvalue weighted by atomic mass is 32.2. The van der Waals surface area contributed by atoms with Crippen molar-refractivity contribution in [2.75, 3.05) is 19.0 Å². The summed E-state index contributed by atoms with van der Waals surface area (Å²) in [6, 6.07) is 3.11. The fraction of sp³-hybridized carbons (Fsp3) is 0.696. The minimum absolute atomic E-state index is 0.0164. The first-order valence-electron chi connectivity index (χ1n) is 11.2. The van der Waals surface area contributed by atoms with E-state index in [2.05, 4.69) is 4.90 Å². The number of rotatable bonds is 8. The van der Waals surface area contributed by atoms with E-state index in [4.69, 9.17) is 4.74 Å². The number of hydrogen-bond donors (Lipinski definition) is 0. The minimum Gasteiger partial charge on any atom is -0.373 e. The molecule has 3 saturated heterocycles. The lowest BCUT2D eigenvalue weighted by Crippen LogP contribution is -2.45. The van der Waals surface area contributed by atoms with E-state index in [1.165, 1.54) is 6.07 Å². The highest BCUT2D eigenvalue weighted by molar-refractivity contribution is 8.01. The Morgan fingerprint density at radius 3 is 2.39 bits per heavy atom. The summed E-state index contributed by atoms with van der Waals surface area (Å²) in [5.74, 6) is -2.73. The molecule has 1 amide bonds. The molecule has 2 bridgehead atoms. The Kier molecular flexibility index (Phi) is 6.89. The summed E-state index contributed by atoms with van der Waals surface area (Å²) < 4.78 is 46.0. The van der Waals surface area contributed by atoms with E-state index >= 15 is 0 Å². The lowest BCUT2D eigenvalue weighted by atomic mass is 9.99. The molecule has 2 unspecified atom stereocenters. The third-order valence-electron chi connectivity index (χ3n) is 6.91. The van der Waals surface area contributed by atoms with Crippen molar-refractivity contribution in [3.8, 4) is 0 Å².